The molecular formula is C25H25N. The molecule has 2 aliphatic heterocycles. The first-order chi connectivity index (χ1) is 12.6. The Morgan fingerprint density at radius 1 is 0.769 bits per heavy atom. The highest BCUT2D eigenvalue weighted by molar-refractivity contribution is 5.65. The lowest BCUT2D eigenvalue weighted by molar-refractivity contribution is 0.0733. The van der Waals surface area contributed by atoms with Crippen LogP contribution in [0.1, 0.15) is 53.6 Å². The molecule has 2 bridgehead atoms. The summed E-state index contributed by atoms with van der Waals surface area (Å²) in [5.74, 6) is 0. The first-order valence-corrected chi connectivity index (χ1v) is 9.65. The predicted molar refractivity (Wildman–Crippen MR) is 107 cm³/mol. The summed E-state index contributed by atoms with van der Waals surface area (Å²) >= 11 is 0. The smallest absolute Gasteiger partial charge is 0.0732 e. The Bertz CT molecular complexity index is 990. The normalized spacial score (nSPS) is 26.0. The van der Waals surface area contributed by atoms with Gasteiger partial charge in [0.25, 0.3) is 0 Å². The maximum Gasteiger partial charge on any atom is 0.0732 e. The molecule has 2 heterocycles. The van der Waals surface area contributed by atoms with Crippen LogP contribution in [-0.2, 0) is 17.6 Å². The molecule has 5 rings (SSSR count). The van der Waals surface area contributed by atoms with Crippen molar-refractivity contribution in [1.29, 1.82) is 0 Å². The number of hydrogen-bond donors (Lipinski definition) is 0. The van der Waals surface area contributed by atoms with E-state index in [4.69, 9.17) is 0 Å². The van der Waals surface area contributed by atoms with Gasteiger partial charge >= 0.3 is 0 Å². The molecule has 3 aromatic carbocycles. The van der Waals surface area contributed by atoms with E-state index in [-0.39, 0.29) is 11.1 Å². The lowest BCUT2D eigenvalue weighted by Gasteiger charge is -2.38. The van der Waals surface area contributed by atoms with E-state index in [0.29, 0.717) is 0 Å². The fourth-order valence-corrected chi connectivity index (χ4v) is 5.57. The molecule has 1 nitrogen and oxygen atoms in total. The van der Waals surface area contributed by atoms with Crippen LogP contribution in [0.2, 0.25) is 0 Å². The average molecular weight is 339 g/mol. The third-order valence-electron chi connectivity index (χ3n) is 6.74. The summed E-state index contributed by atoms with van der Waals surface area (Å²) in [7, 11) is 0. The van der Waals surface area contributed by atoms with Crippen LogP contribution in [0.4, 0.5) is 0 Å². The number of nitrogens with zero attached hydrogens (tertiary/aromatic N) is 1. The first kappa shape index (κ1) is 15.8. The highest BCUT2D eigenvalue weighted by atomic mass is 15.3. The molecule has 1 heteroatoms. The van der Waals surface area contributed by atoms with Crippen molar-refractivity contribution in [1.82, 2.24) is 4.90 Å². The summed E-state index contributed by atoms with van der Waals surface area (Å²) < 4.78 is 0. The second-order valence-corrected chi connectivity index (χ2v) is 7.95. The number of hydrogen-bond acceptors (Lipinski definition) is 1. The highest BCUT2D eigenvalue weighted by Gasteiger charge is 2.63. The van der Waals surface area contributed by atoms with Crippen LogP contribution in [0, 0.1) is 6.92 Å². The van der Waals surface area contributed by atoms with Gasteiger partial charge < -0.3 is 0 Å². The summed E-state index contributed by atoms with van der Waals surface area (Å²) in [6.45, 7) is 7.95. The standard InChI is InChI=1S/C25H25N/c1-4-25-21-13-9-8-12-20(21)24(3,23-16-18(2)14-15-22(23)25)26(25)17-19-10-6-5-7-11-19/h5-16H,4,17H2,1-3H3. The molecule has 0 amide bonds. The summed E-state index contributed by atoms with van der Waals surface area (Å²) in [4.78, 5) is 2.75. The SMILES string of the molecule is CCC12c3ccccc3C(C)(c3cc(C)ccc31)N2Cc1ccccc1. The number of fused-ring (bicyclic) bond motifs is 8. The molecule has 0 fully saturated rings. The summed E-state index contributed by atoms with van der Waals surface area (Å²) in [6.07, 6.45) is 1.09. The Hall–Kier alpha value is -2.38. The van der Waals surface area contributed by atoms with Gasteiger partial charge in [-0.05, 0) is 48.1 Å². The van der Waals surface area contributed by atoms with Crippen LogP contribution in [-0.4, -0.2) is 4.90 Å². The quantitative estimate of drug-likeness (QED) is 0.588. The number of benzene rings is 3. The van der Waals surface area contributed by atoms with Crippen LogP contribution >= 0.6 is 0 Å². The molecular weight excluding hydrogens is 314 g/mol. The van der Waals surface area contributed by atoms with Gasteiger partial charge in [0.15, 0.2) is 0 Å². The Balaban J connectivity index is 1.80. The van der Waals surface area contributed by atoms with E-state index in [1.165, 1.54) is 33.4 Å². The van der Waals surface area contributed by atoms with Crippen molar-refractivity contribution in [2.75, 3.05) is 0 Å². The maximum atomic E-state index is 2.75. The summed E-state index contributed by atoms with van der Waals surface area (Å²) in [5, 5.41) is 0. The van der Waals surface area contributed by atoms with Crippen molar-refractivity contribution in [2.45, 2.75) is 44.8 Å². The van der Waals surface area contributed by atoms with E-state index in [2.05, 4.69) is 98.5 Å². The highest BCUT2D eigenvalue weighted by Crippen LogP contribution is 2.64. The minimum atomic E-state index is -0.0657. The van der Waals surface area contributed by atoms with Gasteiger partial charge in [-0.25, -0.2) is 0 Å². The summed E-state index contributed by atoms with van der Waals surface area (Å²) in [5.41, 5.74) is 8.62. The van der Waals surface area contributed by atoms with Gasteiger partial charge in [-0.2, -0.15) is 0 Å². The van der Waals surface area contributed by atoms with E-state index in [0.717, 1.165) is 13.0 Å². The van der Waals surface area contributed by atoms with E-state index < -0.39 is 0 Å². The third-order valence-corrected chi connectivity index (χ3v) is 6.74. The molecule has 0 saturated heterocycles. The van der Waals surface area contributed by atoms with Crippen molar-refractivity contribution in [2.24, 2.45) is 0 Å². The van der Waals surface area contributed by atoms with Crippen LogP contribution in [0.25, 0.3) is 0 Å². The molecule has 26 heavy (non-hydrogen) atoms. The van der Waals surface area contributed by atoms with Crippen molar-refractivity contribution in [3.8, 4) is 0 Å². The van der Waals surface area contributed by atoms with Gasteiger partial charge in [-0.3, -0.25) is 4.90 Å². The zero-order valence-electron chi connectivity index (χ0n) is 15.8. The zero-order chi connectivity index (χ0) is 17.9. The molecule has 0 spiro atoms. The minimum absolute atomic E-state index is 0.0236. The van der Waals surface area contributed by atoms with Crippen molar-refractivity contribution in [3.05, 3.63) is 106 Å². The van der Waals surface area contributed by atoms with Gasteiger partial charge in [0, 0.05) is 6.54 Å². The van der Waals surface area contributed by atoms with E-state index in [9.17, 15) is 0 Å². The largest absolute Gasteiger partial charge is 0.272 e. The fraction of sp³-hybridized carbons (Fsp3) is 0.280. The third kappa shape index (κ3) is 1.74. The van der Waals surface area contributed by atoms with Crippen LogP contribution in [0.5, 0.6) is 0 Å². The van der Waals surface area contributed by atoms with Gasteiger partial charge in [0.05, 0.1) is 11.1 Å². The Labute approximate surface area is 156 Å². The second kappa shape index (κ2) is 5.31. The van der Waals surface area contributed by atoms with Gasteiger partial charge in [0.2, 0.25) is 0 Å². The van der Waals surface area contributed by atoms with Crippen LogP contribution in [0.15, 0.2) is 72.8 Å². The first-order valence-electron chi connectivity index (χ1n) is 9.65. The van der Waals surface area contributed by atoms with Gasteiger partial charge in [0.1, 0.15) is 0 Å². The number of rotatable bonds is 3. The Morgan fingerprint density at radius 2 is 1.42 bits per heavy atom. The van der Waals surface area contributed by atoms with Crippen molar-refractivity contribution >= 4 is 0 Å². The summed E-state index contributed by atoms with van der Waals surface area (Å²) in [6, 6.07) is 27.1. The van der Waals surface area contributed by atoms with Crippen molar-refractivity contribution in [3.63, 3.8) is 0 Å². The van der Waals surface area contributed by atoms with Gasteiger partial charge in [-0.15, -0.1) is 0 Å². The molecule has 0 aromatic heterocycles. The molecule has 0 N–H and O–H groups in total. The van der Waals surface area contributed by atoms with Crippen LogP contribution in [0.3, 0.4) is 0 Å². The topological polar surface area (TPSA) is 3.24 Å². The Morgan fingerprint density at radius 3 is 2.15 bits per heavy atom. The minimum Gasteiger partial charge on any atom is -0.272 e. The molecule has 2 atom stereocenters. The molecule has 2 unspecified atom stereocenters. The lowest BCUT2D eigenvalue weighted by Crippen LogP contribution is -2.43. The maximum absolute atomic E-state index is 2.75. The second-order valence-electron chi connectivity index (χ2n) is 7.95. The van der Waals surface area contributed by atoms with E-state index in [1.807, 2.05) is 0 Å². The average Bonchev–Trinajstić information content (AvgIpc) is 3.02. The molecule has 0 aliphatic carbocycles. The molecule has 3 aromatic rings. The molecule has 2 aliphatic rings. The van der Waals surface area contributed by atoms with E-state index in [1.54, 1.807) is 0 Å². The fourth-order valence-electron chi connectivity index (χ4n) is 5.57. The Kier molecular flexibility index (Phi) is 3.24. The van der Waals surface area contributed by atoms with E-state index >= 15 is 0 Å². The zero-order valence-corrected chi connectivity index (χ0v) is 15.8. The predicted octanol–water partition coefficient (Wildman–Crippen LogP) is 5.74. The van der Waals surface area contributed by atoms with Crippen LogP contribution < -0.4 is 0 Å². The van der Waals surface area contributed by atoms with Gasteiger partial charge in [-0.1, -0.05) is 85.3 Å². The number of aryl methyl sites for hydroxylation is 1. The van der Waals surface area contributed by atoms with Crippen molar-refractivity contribution < 1.29 is 0 Å². The lowest BCUT2D eigenvalue weighted by atomic mass is 9.72. The molecule has 0 radical (unpaired) electrons. The monoisotopic (exact) mass is 339 g/mol. The molecule has 130 valence electrons. The molecule has 0 saturated carbocycles.